The van der Waals surface area contributed by atoms with Crippen molar-refractivity contribution in [2.75, 3.05) is 4.81 Å². The molecule has 16 rings (SSSR count). The van der Waals surface area contributed by atoms with Crippen molar-refractivity contribution in [3.8, 4) is 27.9 Å². The minimum Gasteiger partial charge on any atom is -0.455 e. The Morgan fingerprint density at radius 3 is 1.82 bits per heavy atom. The number of anilines is 2. The quantitative estimate of drug-likeness (QED) is 0.153. The molecule has 5 heterocycles. The molecule has 0 N–H and O–H groups in total. The van der Waals surface area contributed by atoms with Gasteiger partial charge in [0.1, 0.15) is 11.2 Å². The molecule has 76 heavy (non-hydrogen) atoms. The van der Waals surface area contributed by atoms with Crippen LogP contribution in [0.4, 0.5) is 11.4 Å². The summed E-state index contributed by atoms with van der Waals surface area (Å²) >= 11 is 1.98. The van der Waals surface area contributed by atoms with Crippen LogP contribution in [-0.2, 0) is 32.5 Å². The maximum Gasteiger partial charge on any atom is 0.333 e. The molecule has 3 aliphatic carbocycles. The number of furan rings is 1. The fourth-order valence-corrected chi connectivity index (χ4v) is 16.9. The number of thiophene rings is 1. The van der Waals surface area contributed by atoms with Crippen LogP contribution in [0.3, 0.4) is 0 Å². The highest BCUT2D eigenvalue weighted by atomic mass is 32.1. The molecule has 0 bridgehead atoms. The van der Waals surface area contributed by atoms with Crippen LogP contribution in [0.1, 0.15) is 155 Å². The molecule has 11 aromatic rings. The Hall–Kier alpha value is -6.56. The Morgan fingerprint density at radius 2 is 1.12 bits per heavy atom. The van der Waals surface area contributed by atoms with Gasteiger partial charge in [-0.1, -0.05) is 151 Å². The first-order valence-corrected chi connectivity index (χ1v) is 29.1. The predicted molar refractivity (Wildman–Crippen MR) is 327 cm³/mol. The fraction of sp³-hybridized carbons (Fsp3) is 0.324. The van der Waals surface area contributed by atoms with Crippen LogP contribution in [0.5, 0.6) is 0 Å². The van der Waals surface area contributed by atoms with Crippen LogP contribution in [-0.4, -0.2) is 11.4 Å². The second-order valence-electron chi connectivity index (χ2n) is 28.2. The van der Waals surface area contributed by atoms with E-state index in [1.165, 1.54) is 155 Å². The number of benzene rings is 8. The highest BCUT2D eigenvalue weighted by Crippen LogP contribution is 2.58. The lowest BCUT2D eigenvalue weighted by molar-refractivity contribution is 0.332. The van der Waals surface area contributed by atoms with Gasteiger partial charge in [0, 0.05) is 64.4 Å². The monoisotopic (exact) mass is 1010 g/mol. The van der Waals surface area contributed by atoms with E-state index in [1.54, 1.807) is 0 Å². The Bertz CT molecular complexity index is 4480. The lowest BCUT2D eigenvalue weighted by Crippen LogP contribution is -2.60. The first kappa shape index (κ1) is 45.6. The van der Waals surface area contributed by atoms with Crippen molar-refractivity contribution in [1.82, 2.24) is 4.57 Å². The van der Waals surface area contributed by atoms with Gasteiger partial charge in [0.2, 0.25) is 0 Å². The molecule has 0 spiro atoms. The Balaban J connectivity index is 1.13. The number of hydrogen-bond acceptors (Lipinski definition) is 3. The summed E-state index contributed by atoms with van der Waals surface area (Å²) in [5, 5.41) is 7.68. The minimum absolute atomic E-state index is 0.0100. The molecule has 3 nitrogen and oxygen atoms in total. The van der Waals surface area contributed by atoms with E-state index in [4.69, 9.17) is 4.42 Å². The van der Waals surface area contributed by atoms with E-state index >= 15 is 0 Å². The zero-order valence-electron chi connectivity index (χ0n) is 46.7. The Morgan fingerprint density at radius 1 is 0.513 bits per heavy atom. The van der Waals surface area contributed by atoms with Crippen LogP contribution in [0.15, 0.2) is 126 Å². The van der Waals surface area contributed by atoms with E-state index in [9.17, 15) is 0 Å². The van der Waals surface area contributed by atoms with Gasteiger partial charge in [0.15, 0.2) is 0 Å². The van der Waals surface area contributed by atoms with Crippen LogP contribution in [0.25, 0.3) is 91.9 Å². The standard InChI is InChI=1S/C71H67BN2OS/c1-66(2,3)38-22-24-39(25-23-38)74-55-33-44-43-30-49-52(70(10,11)29-27-67(49,4)5)37-59(43)76-58(44)34-46(55)60-61-41-19-15-17-21-57(41)75-65(61)62-45-31-50-51(69(8,9)28-26-68(50,6)7)36-54(45)73-56-32-42-40-18-14-16-20-47(40)71(12,13)48(42)35-53(56)72(74)63(60)64(62)73/h14-25,30-37H,26-29H2,1-13H3. The molecule has 0 atom stereocenters. The van der Waals surface area contributed by atoms with Gasteiger partial charge in [-0.2, -0.15) is 0 Å². The summed E-state index contributed by atoms with van der Waals surface area (Å²) in [5.74, 6) is 0. The molecule has 5 heteroatoms. The molecule has 3 aromatic heterocycles. The van der Waals surface area contributed by atoms with Gasteiger partial charge in [-0.3, -0.25) is 0 Å². The van der Waals surface area contributed by atoms with Crippen molar-refractivity contribution in [2.24, 2.45) is 0 Å². The summed E-state index contributed by atoms with van der Waals surface area (Å²) in [6.45, 7) is 31.5. The smallest absolute Gasteiger partial charge is 0.333 e. The van der Waals surface area contributed by atoms with Gasteiger partial charge in [-0.05, 0) is 180 Å². The van der Waals surface area contributed by atoms with Crippen LogP contribution >= 0.6 is 11.3 Å². The highest BCUT2D eigenvalue weighted by Gasteiger charge is 2.49. The number of hydrogen-bond donors (Lipinski definition) is 0. The molecule has 2 aliphatic heterocycles. The van der Waals surface area contributed by atoms with Gasteiger partial charge in [-0.25, -0.2) is 0 Å². The molecule has 0 saturated heterocycles. The van der Waals surface area contributed by atoms with E-state index in [-0.39, 0.29) is 39.3 Å². The van der Waals surface area contributed by atoms with E-state index in [0.717, 1.165) is 24.0 Å². The van der Waals surface area contributed by atoms with Crippen molar-refractivity contribution in [1.29, 1.82) is 0 Å². The van der Waals surface area contributed by atoms with Gasteiger partial charge < -0.3 is 13.8 Å². The van der Waals surface area contributed by atoms with Gasteiger partial charge in [0.25, 0.3) is 0 Å². The predicted octanol–water partition coefficient (Wildman–Crippen LogP) is 18.6. The van der Waals surface area contributed by atoms with Crippen molar-refractivity contribution >= 4 is 104 Å². The maximum atomic E-state index is 7.46. The zero-order valence-corrected chi connectivity index (χ0v) is 47.5. The third-order valence-electron chi connectivity index (χ3n) is 20.4. The summed E-state index contributed by atoms with van der Waals surface area (Å²) in [4.78, 5) is 2.78. The molecule has 376 valence electrons. The second-order valence-corrected chi connectivity index (χ2v) is 29.2. The van der Waals surface area contributed by atoms with E-state index in [0.29, 0.717) is 0 Å². The summed E-state index contributed by atoms with van der Waals surface area (Å²) in [7, 11) is 0. The molecule has 0 fully saturated rings. The second kappa shape index (κ2) is 14.1. The highest BCUT2D eigenvalue weighted by molar-refractivity contribution is 7.25. The first-order valence-electron chi connectivity index (χ1n) is 28.3. The lowest BCUT2D eigenvalue weighted by atomic mass is 9.43. The number of nitrogens with zero attached hydrogens (tertiary/aromatic N) is 2. The van der Waals surface area contributed by atoms with Crippen molar-refractivity contribution in [3.63, 3.8) is 0 Å². The van der Waals surface area contributed by atoms with Crippen molar-refractivity contribution in [2.45, 2.75) is 148 Å². The zero-order chi connectivity index (χ0) is 52.3. The molecule has 8 aromatic carbocycles. The Labute approximate surface area is 452 Å². The van der Waals surface area contributed by atoms with Crippen LogP contribution in [0, 0.1) is 0 Å². The molecule has 5 aliphatic rings. The normalized spacial score (nSPS) is 18.9. The average molecular weight is 1010 g/mol. The topological polar surface area (TPSA) is 21.3 Å². The third kappa shape index (κ3) is 5.66. The summed E-state index contributed by atoms with van der Waals surface area (Å²) in [6.07, 6.45) is 4.70. The van der Waals surface area contributed by atoms with Crippen LogP contribution in [0.2, 0.25) is 0 Å². The van der Waals surface area contributed by atoms with Crippen molar-refractivity contribution in [3.05, 3.63) is 160 Å². The van der Waals surface area contributed by atoms with Crippen LogP contribution < -0.4 is 15.7 Å². The molecular formula is C71H67BN2OS. The average Bonchev–Trinajstić information content (AvgIpc) is 4.22. The third-order valence-corrected chi connectivity index (χ3v) is 21.6. The van der Waals surface area contributed by atoms with E-state index in [1.807, 2.05) is 11.3 Å². The fourth-order valence-electron chi connectivity index (χ4n) is 15.8. The molecule has 0 amide bonds. The van der Waals surface area contributed by atoms with Gasteiger partial charge >= 0.3 is 6.85 Å². The molecular weight excluding hydrogens is 940 g/mol. The van der Waals surface area contributed by atoms with E-state index < -0.39 is 0 Å². The molecule has 0 unspecified atom stereocenters. The van der Waals surface area contributed by atoms with Gasteiger partial charge in [-0.15, -0.1) is 11.3 Å². The summed E-state index contributed by atoms with van der Waals surface area (Å²) in [5.41, 5.74) is 26.5. The first-order chi connectivity index (χ1) is 36.0. The van der Waals surface area contributed by atoms with Crippen molar-refractivity contribution < 1.29 is 4.42 Å². The number of fused-ring (bicyclic) bond motifs is 21. The SMILES string of the molecule is CC(C)(C)c1ccc(N2B3c4cc5c(cc4-n4c6cc7c(cc6c6c8oc9ccccc9c8c(c3c64)-c3cc4sc6cc8c(cc6c4cc32)C(C)(C)CCC8(C)C)C(C)(C)CCC7(C)C)-c2ccccc2C5(C)C)cc1. The molecule has 0 radical (unpaired) electrons. The lowest BCUT2D eigenvalue weighted by Gasteiger charge is -2.43. The number of para-hydroxylation sites is 1. The molecule has 0 saturated carbocycles. The largest absolute Gasteiger partial charge is 0.455 e. The number of rotatable bonds is 1. The Kier molecular flexibility index (Phi) is 8.48. The maximum absolute atomic E-state index is 7.46. The minimum atomic E-state index is -0.188. The summed E-state index contributed by atoms with van der Waals surface area (Å²) < 4.78 is 12.9. The van der Waals surface area contributed by atoms with E-state index in [2.05, 4.69) is 221 Å². The van der Waals surface area contributed by atoms with Gasteiger partial charge in [0.05, 0.1) is 16.4 Å². The summed E-state index contributed by atoms with van der Waals surface area (Å²) in [6, 6.07) is 48.7. The number of aromatic nitrogens is 1.